The average Bonchev–Trinajstić information content (AvgIpc) is 2.84. The molecule has 2 aromatic carbocycles. The van der Waals surface area contributed by atoms with Gasteiger partial charge in [-0.15, -0.1) is 0 Å². The Morgan fingerprint density at radius 1 is 1.10 bits per heavy atom. The fourth-order valence-corrected chi connectivity index (χ4v) is 2.48. The Labute approximate surface area is 118 Å². The first-order valence-corrected chi connectivity index (χ1v) is 7.04. The first-order valence-electron chi connectivity index (χ1n) is 7.04. The zero-order valence-corrected chi connectivity index (χ0v) is 11.6. The molecule has 0 radical (unpaired) electrons. The lowest BCUT2D eigenvalue weighted by Gasteiger charge is -2.08. The van der Waals surface area contributed by atoms with Gasteiger partial charge in [0.25, 0.3) is 0 Å². The van der Waals surface area contributed by atoms with Gasteiger partial charge in [-0.3, -0.25) is 0 Å². The minimum atomic E-state index is 0.275. The van der Waals surface area contributed by atoms with Gasteiger partial charge in [-0.1, -0.05) is 37.6 Å². The molecule has 1 heterocycles. The summed E-state index contributed by atoms with van der Waals surface area (Å²) in [7, 11) is 0. The Balaban J connectivity index is 2.18. The molecule has 0 bridgehead atoms. The number of phenolic OH excluding ortho intramolecular Hbond substituents is 1. The number of phenols is 1. The van der Waals surface area contributed by atoms with E-state index in [1.54, 1.807) is 12.1 Å². The third-order valence-corrected chi connectivity index (χ3v) is 3.49. The van der Waals surface area contributed by atoms with Gasteiger partial charge in [0, 0.05) is 12.1 Å². The number of aryl methyl sites for hydroxylation is 1. The first kappa shape index (κ1) is 12.7. The summed E-state index contributed by atoms with van der Waals surface area (Å²) >= 11 is 0. The zero-order valence-electron chi connectivity index (χ0n) is 11.6. The third-order valence-electron chi connectivity index (χ3n) is 3.49. The molecule has 3 aromatic rings. The van der Waals surface area contributed by atoms with Crippen molar-refractivity contribution in [2.75, 3.05) is 0 Å². The lowest BCUT2D eigenvalue weighted by Crippen LogP contribution is -2.00. The van der Waals surface area contributed by atoms with E-state index in [1.807, 2.05) is 30.3 Å². The van der Waals surface area contributed by atoms with Crippen LogP contribution >= 0.6 is 0 Å². The molecule has 1 N–H and O–H groups in total. The molecule has 102 valence electrons. The highest BCUT2D eigenvalue weighted by Gasteiger charge is 2.12. The number of nitrogens with zero attached hydrogens (tertiary/aromatic N) is 2. The number of hydrogen-bond acceptors (Lipinski definition) is 2. The van der Waals surface area contributed by atoms with E-state index in [2.05, 4.69) is 17.6 Å². The Morgan fingerprint density at radius 2 is 1.95 bits per heavy atom. The molecule has 0 aliphatic heterocycles. The minimum absolute atomic E-state index is 0.275. The van der Waals surface area contributed by atoms with Gasteiger partial charge in [-0.25, -0.2) is 4.98 Å². The number of rotatable bonds is 4. The molecule has 20 heavy (non-hydrogen) atoms. The number of aromatic hydroxyl groups is 1. The van der Waals surface area contributed by atoms with E-state index in [1.165, 1.54) is 0 Å². The molecule has 0 saturated heterocycles. The molecular formula is C17H18N2O. The molecule has 0 saturated carbocycles. The summed E-state index contributed by atoms with van der Waals surface area (Å²) in [5.41, 5.74) is 3.11. The lowest BCUT2D eigenvalue weighted by molar-refractivity contribution is 0.475. The summed E-state index contributed by atoms with van der Waals surface area (Å²) < 4.78 is 2.24. The first-order chi connectivity index (χ1) is 9.79. The second-order valence-electron chi connectivity index (χ2n) is 4.98. The molecule has 0 atom stereocenters. The topological polar surface area (TPSA) is 38.0 Å². The minimum Gasteiger partial charge on any atom is -0.508 e. The third kappa shape index (κ3) is 2.27. The largest absolute Gasteiger partial charge is 0.508 e. The van der Waals surface area contributed by atoms with E-state index < -0.39 is 0 Å². The average molecular weight is 266 g/mol. The van der Waals surface area contributed by atoms with E-state index in [9.17, 15) is 5.11 Å². The summed E-state index contributed by atoms with van der Waals surface area (Å²) in [5.74, 6) is 1.20. The van der Waals surface area contributed by atoms with Crippen molar-refractivity contribution in [3.05, 3.63) is 48.5 Å². The molecule has 0 amide bonds. The summed E-state index contributed by atoms with van der Waals surface area (Å²) in [6.07, 6.45) is 2.26. The molecule has 3 nitrogen and oxygen atoms in total. The fourth-order valence-electron chi connectivity index (χ4n) is 2.48. The molecular weight excluding hydrogens is 248 g/mol. The summed E-state index contributed by atoms with van der Waals surface area (Å²) in [6.45, 7) is 3.13. The molecule has 0 spiro atoms. The van der Waals surface area contributed by atoms with Crippen LogP contribution in [0.1, 0.15) is 19.8 Å². The number of hydrogen-bond donors (Lipinski definition) is 1. The maximum Gasteiger partial charge on any atom is 0.141 e. The quantitative estimate of drug-likeness (QED) is 0.768. The summed E-state index contributed by atoms with van der Waals surface area (Å²) in [5, 5.41) is 9.68. The van der Waals surface area contributed by atoms with Gasteiger partial charge in [0.15, 0.2) is 0 Å². The fraction of sp³-hybridized carbons (Fsp3) is 0.235. The van der Waals surface area contributed by atoms with Crippen LogP contribution in [0.5, 0.6) is 5.75 Å². The van der Waals surface area contributed by atoms with Crippen molar-refractivity contribution in [2.45, 2.75) is 26.3 Å². The van der Waals surface area contributed by atoms with E-state index >= 15 is 0 Å². The highest BCUT2D eigenvalue weighted by Crippen LogP contribution is 2.27. The van der Waals surface area contributed by atoms with Crippen molar-refractivity contribution in [1.29, 1.82) is 0 Å². The molecule has 0 unspecified atom stereocenters. The van der Waals surface area contributed by atoms with Crippen LogP contribution < -0.4 is 0 Å². The molecule has 3 heteroatoms. The SMILES string of the molecule is CCCCn1c(-c2cccc(O)c2)nc2ccccc21. The van der Waals surface area contributed by atoms with Crippen LogP contribution in [0.4, 0.5) is 0 Å². The van der Waals surface area contributed by atoms with Crippen LogP contribution in [0.15, 0.2) is 48.5 Å². The molecule has 0 aliphatic rings. The van der Waals surface area contributed by atoms with Crippen LogP contribution in [0.2, 0.25) is 0 Å². The van der Waals surface area contributed by atoms with E-state index in [-0.39, 0.29) is 5.75 Å². The van der Waals surface area contributed by atoms with Gasteiger partial charge in [0.05, 0.1) is 11.0 Å². The smallest absolute Gasteiger partial charge is 0.141 e. The van der Waals surface area contributed by atoms with Crippen LogP contribution in [0.25, 0.3) is 22.4 Å². The Hall–Kier alpha value is -2.29. The predicted octanol–water partition coefficient (Wildman–Crippen LogP) is 4.21. The Morgan fingerprint density at radius 3 is 2.75 bits per heavy atom. The monoisotopic (exact) mass is 266 g/mol. The van der Waals surface area contributed by atoms with Crippen molar-refractivity contribution in [3.8, 4) is 17.1 Å². The van der Waals surface area contributed by atoms with Gasteiger partial charge >= 0.3 is 0 Å². The predicted molar refractivity (Wildman–Crippen MR) is 81.7 cm³/mol. The number of imidazole rings is 1. The van der Waals surface area contributed by atoms with Crippen molar-refractivity contribution in [2.24, 2.45) is 0 Å². The number of para-hydroxylation sites is 2. The Kier molecular flexibility index (Phi) is 3.42. The molecule has 0 fully saturated rings. The lowest BCUT2D eigenvalue weighted by atomic mass is 10.2. The number of unbranched alkanes of at least 4 members (excludes halogenated alkanes) is 1. The van der Waals surface area contributed by atoms with Crippen molar-refractivity contribution in [1.82, 2.24) is 9.55 Å². The van der Waals surface area contributed by atoms with Gasteiger partial charge in [-0.05, 0) is 30.7 Å². The van der Waals surface area contributed by atoms with E-state index in [0.29, 0.717) is 0 Å². The highest BCUT2D eigenvalue weighted by atomic mass is 16.3. The molecule has 3 rings (SSSR count). The number of fused-ring (bicyclic) bond motifs is 1. The van der Waals surface area contributed by atoms with Gasteiger partial charge in [0.2, 0.25) is 0 Å². The van der Waals surface area contributed by atoms with Crippen LogP contribution in [0.3, 0.4) is 0 Å². The van der Waals surface area contributed by atoms with Crippen molar-refractivity contribution >= 4 is 11.0 Å². The van der Waals surface area contributed by atoms with Crippen LogP contribution in [0, 0.1) is 0 Å². The van der Waals surface area contributed by atoms with Crippen molar-refractivity contribution < 1.29 is 5.11 Å². The van der Waals surface area contributed by atoms with Crippen LogP contribution in [-0.2, 0) is 6.54 Å². The van der Waals surface area contributed by atoms with Gasteiger partial charge < -0.3 is 9.67 Å². The number of benzene rings is 2. The summed E-state index contributed by atoms with van der Waals surface area (Å²) in [6, 6.07) is 15.5. The zero-order chi connectivity index (χ0) is 13.9. The van der Waals surface area contributed by atoms with E-state index in [0.717, 1.165) is 41.8 Å². The summed E-state index contributed by atoms with van der Waals surface area (Å²) in [4.78, 5) is 4.73. The maximum absolute atomic E-state index is 9.68. The molecule has 1 aromatic heterocycles. The number of aromatic nitrogens is 2. The Bertz CT molecular complexity index is 731. The normalized spacial score (nSPS) is 11.1. The maximum atomic E-state index is 9.68. The van der Waals surface area contributed by atoms with E-state index in [4.69, 9.17) is 4.98 Å². The van der Waals surface area contributed by atoms with Gasteiger partial charge in [-0.2, -0.15) is 0 Å². The highest BCUT2D eigenvalue weighted by molar-refractivity contribution is 5.80. The second kappa shape index (κ2) is 5.37. The molecule has 0 aliphatic carbocycles. The van der Waals surface area contributed by atoms with Crippen molar-refractivity contribution in [3.63, 3.8) is 0 Å². The van der Waals surface area contributed by atoms with Crippen LogP contribution in [-0.4, -0.2) is 14.7 Å². The second-order valence-corrected chi connectivity index (χ2v) is 4.98. The standard InChI is InChI=1S/C17H18N2O/c1-2-3-11-19-16-10-5-4-9-15(16)18-17(19)13-7-6-8-14(20)12-13/h4-10,12,20H,2-3,11H2,1H3. The van der Waals surface area contributed by atoms with Gasteiger partial charge in [0.1, 0.15) is 11.6 Å².